The highest BCUT2D eigenvalue weighted by atomic mass is 16.5. The van der Waals surface area contributed by atoms with Crippen molar-refractivity contribution in [2.75, 3.05) is 7.05 Å². The van der Waals surface area contributed by atoms with Crippen LogP contribution in [0.3, 0.4) is 0 Å². The van der Waals surface area contributed by atoms with Gasteiger partial charge in [0, 0.05) is 17.9 Å². The third-order valence-electron chi connectivity index (χ3n) is 5.58. The number of benzene rings is 1. The molecule has 2 unspecified atom stereocenters. The maximum Gasteiger partial charge on any atom is 0.125 e. The van der Waals surface area contributed by atoms with E-state index in [0.717, 1.165) is 12.2 Å². The van der Waals surface area contributed by atoms with E-state index in [-0.39, 0.29) is 5.41 Å². The molecule has 0 radical (unpaired) electrons. The molecule has 2 heteroatoms. The molecule has 112 valence electrons. The molecule has 1 aliphatic rings. The average molecular weight is 275 g/mol. The van der Waals surface area contributed by atoms with Crippen LogP contribution < -0.4 is 10.1 Å². The summed E-state index contributed by atoms with van der Waals surface area (Å²) in [6, 6.07) is 4.94. The summed E-state index contributed by atoms with van der Waals surface area (Å²) >= 11 is 0. The molecule has 1 aliphatic carbocycles. The van der Waals surface area contributed by atoms with Gasteiger partial charge in [0.2, 0.25) is 0 Å². The highest BCUT2D eigenvalue weighted by molar-refractivity contribution is 5.45. The first-order chi connectivity index (χ1) is 9.50. The van der Waals surface area contributed by atoms with Crippen molar-refractivity contribution >= 4 is 0 Å². The topological polar surface area (TPSA) is 21.3 Å². The third-order valence-corrected chi connectivity index (χ3v) is 5.58. The number of hydrogen-bond acceptors (Lipinski definition) is 2. The van der Waals surface area contributed by atoms with E-state index in [2.05, 4.69) is 59.1 Å². The first kappa shape index (κ1) is 15.4. The number of aryl methyl sites for hydroxylation is 2. The van der Waals surface area contributed by atoms with Crippen molar-refractivity contribution in [3.63, 3.8) is 0 Å². The first-order valence-electron chi connectivity index (χ1n) is 7.90. The molecule has 0 aliphatic heterocycles. The Hall–Kier alpha value is -1.02. The number of nitrogens with one attached hydrogen (secondary N) is 1. The van der Waals surface area contributed by atoms with Crippen LogP contribution in [-0.4, -0.2) is 19.2 Å². The molecule has 2 nitrogen and oxygen atoms in total. The lowest BCUT2D eigenvalue weighted by Crippen LogP contribution is -2.63. The number of rotatable bonds is 5. The van der Waals surface area contributed by atoms with Gasteiger partial charge in [0.25, 0.3) is 0 Å². The molecule has 0 aromatic heterocycles. The van der Waals surface area contributed by atoms with E-state index in [0.29, 0.717) is 12.1 Å². The Morgan fingerprint density at radius 1 is 1.15 bits per heavy atom. The first-order valence-corrected chi connectivity index (χ1v) is 7.90. The average Bonchev–Trinajstić information content (AvgIpc) is 2.43. The molecular formula is C18H29NO. The summed E-state index contributed by atoms with van der Waals surface area (Å²) in [6.45, 7) is 11.1. The van der Waals surface area contributed by atoms with Crippen LogP contribution in [0, 0.1) is 26.2 Å². The molecule has 0 bridgehead atoms. The zero-order chi connectivity index (χ0) is 14.9. The molecule has 0 saturated heterocycles. The lowest BCUT2D eigenvalue weighted by Gasteiger charge is -2.55. The van der Waals surface area contributed by atoms with Gasteiger partial charge >= 0.3 is 0 Å². The predicted octanol–water partition coefficient (Wildman–Crippen LogP) is 4.16. The molecular weight excluding hydrogens is 246 g/mol. The van der Waals surface area contributed by atoms with Crippen LogP contribution in [0.4, 0.5) is 0 Å². The Balaban J connectivity index is 2.25. The lowest BCUT2D eigenvalue weighted by atomic mass is 9.58. The van der Waals surface area contributed by atoms with Gasteiger partial charge < -0.3 is 10.1 Å². The normalized spacial score (nSPS) is 24.3. The van der Waals surface area contributed by atoms with E-state index in [1.807, 2.05) is 0 Å². The Morgan fingerprint density at radius 2 is 1.75 bits per heavy atom. The molecule has 20 heavy (non-hydrogen) atoms. The fourth-order valence-electron chi connectivity index (χ4n) is 3.77. The Bertz CT molecular complexity index is 477. The van der Waals surface area contributed by atoms with Crippen LogP contribution >= 0.6 is 0 Å². The standard InChI is InChI=1S/C18H29NO/c1-7-18(8-2)15(19-6)11-16(18)20-17-13(4)10-9-12(3)14(17)5/h9-10,15-16,19H,7-8,11H2,1-6H3. The molecule has 0 amide bonds. The molecule has 0 spiro atoms. The van der Waals surface area contributed by atoms with Crippen molar-refractivity contribution in [1.82, 2.24) is 5.32 Å². The summed E-state index contributed by atoms with van der Waals surface area (Å²) in [7, 11) is 2.07. The molecule has 0 heterocycles. The zero-order valence-corrected chi connectivity index (χ0v) is 13.8. The fraction of sp³-hybridized carbons (Fsp3) is 0.667. The number of hydrogen-bond donors (Lipinski definition) is 1. The van der Waals surface area contributed by atoms with Gasteiger partial charge in [-0.05, 0) is 57.4 Å². The van der Waals surface area contributed by atoms with Crippen LogP contribution in [0.2, 0.25) is 0 Å². The zero-order valence-electron chi connectivity index (χ0n) is 13.8. The summed E-state index contributed by atoms with van der Waals surface area (Å²) < 4.78 is 6.48. The van der Waals surface area contributed by atoms with E-state index in [9.17, 15) is 0 Å². The maximum atomic E-state index is 6.48. The maximum absolute atomic E-state index is 6.48. The second-order valence-corrected chi connectivity index (χ2v) is 6.28. The van der Waals surface area contributed by atoms with Gasteiger partial charge in [-0.3, -0.25) is 0 Å². The van der Waals surface area contributed by atoms with Gasteiger partial charge in [-0.25, -0.2) is 0 Å². The summed E-state index contributed by atoms with van der Waals surface area (Å²) in [5.41, 5.74) is 4.15. The molecule has 1 fully saturated rings. The highest BCUT2D eigenvalue weighted by Gasteiger charge is 2.53. The van der Waals surface area contributed by atoms with Gasteiger partial charge in [-0.1, -0.05) is 26.0 Å². The van der Waals surface area contributed by atoms with Crippen molar-refractivity contribution in [2.24, 2.45) is 5.41 Å². The molecule has 1 aromatic rings. The van der Waals surface area contributed by atoms with Crippen molar-refractivity contribution in [2.45, 2.75) is 66.0 Å². The quantitative estimate of drug-likeness (QED) is 0.871. The predicted molar refractivity (Wildman–Crippen MR) is 85.5 cm³/mol. The van der Waals surface area contributed by atoms with Crippen molar-refractivity contribution < 1.29 is 4.74 Å². The number of ether oxygens (including phenoxy) is 1. The van der Waals surface area contributed by atoms with E-state index in [1.165, 1.54) is 29.5 Å². The summed E-state index contributed by atoms with van der Waals surface area (Å²) in [6.07, 6.45) is 3.80. The van der Waals surface area contributed by atoms with Gasteiger partial charge in [0.05, 0.1) is 0 Å². The molecule has 2 atom stereocenters. The monoisotopic (exact) mass is 275 g/mol. The molecule has 1 aromatic carbocycles. The summed E-state index contributed by atoms with van der Waals surface area (Å²) in [5, 5.41) is 3.47. The van der Waals surface area contributed by atoms with E-state index >= 15 is 0 Å². The van der Waals surface area contributed by atoms with E-state index in [4.69, 9.17) is 4.74 Å². The Morgan fingerprint density at radius 3 is 2.30 bits per heavy atom. The van der Waals surface area contributed by atoms with Gasteiger partial charge in [-0.2, -0.15) is 0 Å². The summed E-state index contributed by atoms with van der Waals surface area (Å²) in [5.74, 6) is 1.11. The minimum atomic E-state index is 0.289. The smallest absolute Gasteiger partial charge is 0.125 e. The summed E-state index contributed by atoms with van der Waals surface area (Å²) in [4.78, 5) is 0. The molecule has 2 rings (SSSR count). The van der Waals surface area contributed by atoms with Crippen molar-refractivity contribution in [1.29, 1.82) is 0 Å². The second-order valence-electron chi connectivity index (χ2n) is 6.28. The van der Waals surface area contributed by atoms with Gasteiger partial charge in [0.1, 0.15) is 11.9 Å². The van der Waals surface area contributed by atoms with Crippen molar-refractivity contribution in [3.8, 4) is 5.75 Å². The SMILES string of the molecule is CCC1(CC)C(NC)CC1Oc1c(C)ccc(C)c1C. The lowest BCUT2D eigenvalue weighted by molar-refractivity contribution is -0.0841. The van der Waals surface area contributed by atoms with Crippen LogP contribution in [0.15, 0.2) is 12.1 Å². The van der Waals surface area contributed by atoms with Crippen LogP contribution in [-0.2, 0) is 0 Å². The Labute approximate surface area is 123 Å². The van der Waals surface area contributed by atoms with Crippen LogP contribution in [0.1, 0.15) is 49.8 Å². The van der Waals surface area contributed by atoms with E-state index < -0.39 is 0 Å². The minimum absolute atomic E-state index is 0.289. The fourth-order valence-corrected chi connectivity index (χ4v) is 3.77. The van der Waals surface area contributed by atoms with Gasteiger partial charge in [-0.15, -0.1) is 0 Å². The Kier molecular flexibility index (Phi) is 4.43. The van der Waals surface area contributed by atoms with Crippen LogP contribution in [0.25, 0.3) is 0 Å². The third kappa shape index (κ3) is 2.24. The second kappa shape index (κ2) is 5.77. The molecule has 1 saturated carbocycles. The minimum Gasteiger partial charge on any atom is -0.489 e. The van der Waals surface area contributed by atoms with E-state index in [1.54, 1.807) is 0 Å². The molecule has 1 N–H and O–H groups in total. The van der Waals surface area contributed by atoms with Gasteiger partial charge in [0.15, 0.2) is 0 Å². The van der Waals surface area contributed by atoms with Crippen molar-refractivity contribution in [3.05, 3.63) is 28.8 Å². The largest absolute Gasteiger partial charge is 0.489 e. The van der Waals surface area contributed by atoms with Crippen LogP contribution in [0.5, 0.6) is 5.75 Å². The highest BCUT2D eigenvalue weighted by Crippen LogP contribution is 2.49.